The van der Waals surface area contributed by atoms with Gasteiger partial charge in [-0.05, 0) is 81.2 Å². The first-order chi connectivity index (χ1) is 19.5. The van der Waals surface area contributed by atoms with Crippen LogP contribution in [0.15, 0.2) is 36.4 Å². The van der Waals surface area contributed by atoms with Crippen molar-refractivity contribution in [3.8, 4) is 28.7 Å². The number of hydrogen-bond donors (Lipinski definition) is 3. The fraction of sp³-hybridized carbons (Fsp3) is 0.467. The van der Waals surface area contributed by atoms with Gasteiger partial charge < -0.3 is 40.1 Å². The van der Waals surface area contributed by atoms with E-state index in [2.05, 4.69) is 10.6 Å². The smallest absolute Gasteiger partial charge is 0.220 e. The van der Waals surface area contributed by atoms with Gasteiger partial charge in [0.05, 0.1) is 35.0 Å². The first kappa shape index (κ1) is 32.5. The van der Waals surface area contributed by atoms with Crippen molar-refractivity contribution in [3.05, 3.63) is 47.5 Å². The van der Waals surface area contributed by atoms with Gasteiger partial charge in [-0.25, -0.2) is 0 Å². The van der Waals surface area contributed by atoms with Gasteiger partial charge in [0.25, 0.3) is 0 Å². The molecule has 2 rings (SSSR count). The number of carbonyl (C=O) groups is 2. The van der Waals surface area contributed by atoms with E-state index < -0.39 is 0 Å². The summed E-state index contributed by atoms with van der Waals surface area (Å²) in [5.74, 6) is 2.10. The van der Waals surface area contributed by atoms with Gasteiger partial charge >= 0.3 is 0 Å². The van der Waals surface area contributed by atoms with Crippen LogP contribution in [0.3, 0.4) is 0 Å². The van der Waals surface area contributed by atoms with Crippen molar-refractivity contribution in [2.45, 2.75) is 32.1 Å². The Morgan fingerprint density at radius 2 is 1.48 bits per heavy atom. The third-order valence-corrected chi connectivity index (χ3v) is 6.03. The number of unbranched alkanes of at least 4 members (excludes halogenated alkanes) is 1. The highest BCUT2D eigenvalue weighted by atomic mass is 16.5. The summed E-state index contributed by atoms with van der Waals surface area (Å²) in [6, 6.07) is 8.60. The minimum Gasteiger partial charge on any atom is -0.493 e. The number of nitrogens with two attached hydrogens (primary N) is 1. The maximum Gasteiger partial charge on any atom is 0.220 e. The maximum atomic E-state index is 12.9. The Bertz CT molecular complexity index is 1080. The number of amides is 1. The number of allylic oxidation sites excluding steroid dienone is 1. The number of carbonyl (C=O) groups excluding carboxylic acids is 2. The molecule has 2 aromatic carbocycles. The number of rotatable bonds is 20. The van der Waals surface area contributed by atoms with Crippen molar-refractivity contribution in [2.75, 3.05) is 61.2 Å². The first-order valence-electron chi connectivity index (χ1n) is 13.5. The van der Waals surface area contributed by atoms with Gasteiger partial charge in [-0.1, -0.05) is 12.1 Å². The molecular weight excluding hydrogens is 514 g/mol. The Labute approximate surface area is 237 Å². The molecule has 2 aromatic rings. The van der Waals surface area contributed by atoms with Crippen LogP contribution in [0, 0.1) is 0 Å². The Hall–Kier alpha value is -3.76. The third kappa shape index (κ3) is 10.8. The predicted octanol–water partition coefficient (Wildman–Crippen LogP) is 3.61. The lowest BCUT2D eigenvalue weighted by atomic mass is 10.1. The van der Waals surface area contributed by atoms with Gasteiger partial charge in [0, 0.05) is 18.5 Å². The number of benzene rings is 2. The van der Waals surface area contributed by atoms with Crippen LogP contribution in [0.25, 0.3) is 6.08 Å². The second-order valence-electron chi connectivity index (χ2n) is 8.92. The molecule has 1 amide bonds. The van der Waals surface area contributed by atoms with E-state index in [9.17, 15) is 9.59 Å². The molecule has 4 N–H and O–H groups in total. The molecule has 0 atom stereocenters. The molecule has 0 saturated heterocycles. The van der Waals surface area contributed by atoms with Crippen LogP contribution in [-0.2, 0) is 4.79 Å². The molecular formula is C30H43N3O7. The lowest BCUT2D eigenvalue weighted by Crippen LogP contribution is -2.26. The summed E-state index contributed by atoms with van der Waals surface area (Å²) in [6.07, 6.45) is 7.01. The Kier molecular flexibility index (Phi) is 15.0. The maximum absolute atomic E-state index is 12.9. The van der Waals surface area contributed by atoms with Crippen LogP contribution in [0.4, 0.5) is 0 Å². The Morgan fingerprint density at radius 3 is 2.12 bits per heavy atom. The van der Waals surface area contributed by atoms with Crippen LogP contribution < -0.4 is 40.1 Å². The molecule has 0 aliphatic carbocycles. The minimum atomic E-state index is -0.230. The van der Waals surface area contributed by atoms with Crippen LogP contribution >= 0.6 is 0 Å². The van der Waals surface area contributed by atoms with Crippen molar-refractivity contribution in [1.29, 1.82) is 0 Å². The quantitative estimate of drug-likeness (QED) is 0.127. The van der Waals surface area contributed by atoms with E-state index in [1.165, 1.54) is 27.4 Å². The fourth-order valence-corrected chi connectivity index (χ4v) is 3.86. The minimum absolute atomic E-state index is 0.00800. The van der Waals surface area contributed by atoms with Crippen molar-refractivity contribution in [1.82, 2.24) is 10.6 Å². The second-order valence-corrected chi connectivity index (χ2v) is 8.92. The number of ether oxygens (including phenoxy) is 5. The Balaban J connectivity index is 1.86. The summed E-state index contributed by atoms with van der Waals surface area (Å²) in [5, 5.41) is 6.27. The van der Waals surface area contributed by atoms with Gasteiger partial charge in [-0.3, -0.25) is 9.59 Å². The lowest BCUT2D eigenvalue weighted by molar-refractivity contribution is -0.121. The zero-order valence-corrected chi connectivity index (χ0v) is 24.0. The van der Waals surface area contributed by atoms with Crippen LogP contribution in [-0.4, -0.2) is 72.9 Å². The lowest BCUT2D eigenvalue weighted by Gasteiger charge is -2.13. The van der Waals surface area contributed by atoms with Crippen LogP contribution in [0.2, 0.25) is 0 Å². The van der Waals surface area contributed by atoms with Crippen LogP contribution in [0.1, 0.15) is 48.0 Å². The standard InChI is InChI=1S/C30H43N3O7/c1-36-25-13-11-22(10-12-24(34)23-20-27(37-2)30(39-4)28(21-23)38-3)19-26(25)40-18-7-9-29(35)33-17-6-5-15-32-16-8-14-31/h10-13,19-21,32H,5-9,14-18,31H2,1-4H3,(H,33,35)/b12-10+. The molecule has 40 heavy (non-hydrogen) atoms. The molecule has 0 aromatic heterocycles. The molecule has 10 nitrogen and oxygen atoms in total. The van der Waals surface area contributed by atoms with E-state index in [1.807, 2.05) is 6.07 Å². The summed E-state index contributed by atoms with van der Waals surface area (Å²) >= 11 is 0. The molecule has 0 aliphatic heterocycles. The van der Waals surface area contributed by atoms with E-state index >= 15 is 0 Å². The molecule has 0 heterocycles. The van der Waals surface area contributed by atoms with E-state index in [1.54, 1.807) is 37.5 Å². The summed E-state index contributed by atoms with van der Waals surface area (Å²) in [7, 11) is 6.07. The number of hydrogen-bond acceptors (Lipinski definition) is 9. The molecule has 0 aliphatic rings. The molecule has 10 heteroatoms. The van der Waals surface area contributed by atoms with E-state index in [0.717, 1.165) is 37.9 Å². The SMILES string of the molecule is COc1ccc(/C=C/C(=O)c2cc(OC)c(OC)c(OC)c2)cc1OCCCC(=O)NCCCCNCCCN. The number of nitrogens with one attached hydrogen (secondary N) is 2. The van der Waals surface area contributed by atoms with Crippen molar-refractivity contribution in [2.24, 2.45) is 5.73 Å². The van der Waals surface area contributed by atoms with Gasteiger partial charge in [0.2, 0.25) is 11.7 Å². The molecule has 0 bridgehead atoms. The van der Waals surface area contributed by atoms with Crippen molar-refractivity contribution >= 4 is 17.8 Å². The van der Waals surface area contributed by atoms with E-state index in [0.29, 0.717) is 66.8 Å². The number of methoxy groups -OCH3 is 4. The van der Waals surface area contributed by atoms with E-state index in [4.69, 9.17) is 29.4 Å². The van der Waals surface area contributed by atoms with Gasteiger partial charge in [0.15, 0.2) is 28.8 Å². The highest BCUT2D eigenvalue weighted by Crippen LogP contribution is 2.38. The molecule has 0 unspecified atom stereocenters. The highest BCUT2D eigenvalue weighted by Gasteiger charge is 2.16. The average Bonchev–Trinajstić information content (AvgIpc) is 2.98. The zero-order valence-electron chi connectivity index (χ0n) is 24.0. The highest BCUT2D eigenvalue weighted by molar-refractivity contribution is 6.07. The number of ketones is 1. The molecule has 0 spiro atoms. The van der Waals surface area contributed by atoms with Crippen molar-refractivity contribution in [3.63, 3.8) is 0 Å². The monoisotopic (exact) mass is 557 g/mol. The second kappa shape index (κ2) is 18.5. The molecule has 0 radical (unpaired) electrons. The van der Waals surface area contributed by atoms with E-state index in [-0.39, 0.29) is 11.7 Å². The average molecular weight is 558 g/mol. The predicted molar refractivity (Wildman–Crippen MR) is 156 cm³/mol. The van der Waals surface area contributed by atoms with Crippen molar-refractivity contribution < 1.29 is 33.3 Å². The first-order valence-corrected chi connectivity index (χ1v) is 13.5. The van der Waals surface area contributed by atoms with Gasteiger partial charge in [-0.15, -0.1) is 0 Å². The van der Waals surface area contributed by atoms with Crippen LogP contribution in [0.5, 0.6) is 28.7 Å². The van der Waals surface area contributed by atoms with Gasteiger partial charge in [-0.2, -0.15) is 0 Å². The molecule has 0 saturated carbocycles. The molecule has 0 fully saturated rings. The Morgan fingerprint density at radius 1 is 0.800 bits per heavy atom. The summed E-state index contributed by atoms with van der Waals surface area (Å²) < 4.78 is 27.3. The zero-order chi connectivity index (χ0) is 29.2. The summed E-state index contributed by atoms with van der Waals surface area (Å²) in [4.78, 5) is 25.0. The van der Waals surface area contributed by atoms with Gasteiger partial charge in [0.1, 0.15) is 0 Å². The fourth-order valence-electron chi connectivity index (χ4n) is 3.86. The topological polar surface area (TPSA) is 130 Å². The summed E-state index contributed by atoms with van der Waals surface area (Å²) in [5.41, 5.74) is 6.62. The third-order valence-electron chi connectivity index (χ3n) is 6.03. The normalized spacial score (nSPS) is 10.8. The molecule has 220 valence electrons. The largest absolute Gasteiger partial charge is 0.493 e. The summed E-state index contributed by atoms with van der Waals surface area (Å²) in [6.45, 7) is 3.57.